The van der Waals surface area contributed by atoms with E-state index in [0.717, 1.165) is 6.07 Å². The standard InChI is InChI=1S/C19H15F5N4O/c1-9-2-10(19(22,23)24)3-13(29)14(9)11-4-25-12-5-28(27-15(12)26-11)18-6-17(7-18,8-18)16(20)21/h2-5,16,29H,6-8H2,1H3. The van der Waals surface area contributed by atoms with Crippen LogP contribution in [0, 0.1) is 12.3 Å². The van der Waals surface area contributed by atoms with E-state index >= 15 is 0 Å². The minimum absolute atomic E-state index is 0.143. The minimum atomic E-state index is -4.58. The van der Waals surface area contributed by atoms with Gasteiger partial charge in [0.25, 0.3) is 0 Å². The Morgan fingerprint density at radius 3 is 2.45 bits per heavy atom. The number of rotatable bonds is 3. The summed E-state index contributed by atoms with van der Waals surface area (Å²) in [5.41, 5.74) is -1.05. The van der Waals surface area contributed by atoms with E-state index in [1.54, 1.807) is 10.9 Å². The van der Waals surface area contributed by atoms with E-state index in [2.05, 4.69) is 15.1 Å². The van der Waals surface area contributed by atoms with E-state index in [-0.39, 0.29) is 22.5 Å². The Balaban J connectivity index is 1.51. The van der Waals surface area contributed by atoms with Gasteiger partial charge < -0.3 is 5.11 Å². The number of phenols is 1. The van der Waals surface area contributed by atoms with Gasteiger partial charge in [0.1, 0.15) is 11.3 Å². The number of aryl methyl sites for hydroxylation is 1. The van der Waals surface area contributed by atoms with Crippen LogP contribution in [0.4, 0.5) is 22.0 Å². The maximum atomic E-state index is 13.1. The molecule has 0 unspecified atom stereocenters. The van der Waals surface area contributed by atoms with Gasteiger partial charge in [0.15, 0.2) is 5.65 Å². The van der Waals surface area contributed by atoms with Gasteiger partial charge in [0, 0.05) is 11.0 Å². The van der Waals surface area contributed by atoms with Crippen molar-refractivity contribution < 1.29 is 27.1 Å². The van der Waals surface area contributed by atoms with Gasteiger partial charge in [-0.05, 0) is 43.9 Å². The van der Waals surface area contributed by atoms with Gasteiger partial charge in [-0.25, -0.2) is 18.7 Å². The SMILES string of the molecule is Cc1cc(C(F)(F)F)cc(O)c1-c1cnc2cn(C34CC(C(F)F)(C3)C4)nc2n1. The number of nitrogens with zero attached hydrogens (tertiary/aromatic N) is 4. The maximum absolute atomic E-state index is 13.1. The van der Waals surface area contributed by atoms with Crippen molar-refractivity contribution >= 4 is 11.2 Å². The Bertz CT molecular complexity index is 1110. The predicted octanol–water partition coefficient (Wildman–Crippen LogP) is 4.67. The molecule has 3 aliphatic carbocycles. The van der Waals surface area contributed by atoms with Crippen LogP contribution in [0.5, 0.6) is 5.75 Å². The van der Waals surface area contributed by atoms with Crippen LogP contribution >= 0.6 is 0 Å². The predicted molar refractivity (Wildman–Crippen MR) is 92.4 cm³/mol. The van der Waals surface area contributed by atoms with Gasteiger partial charge in [-0.3, -0.25) is 4.68 Å². The number of aromatic hydroxyl groups is 1. The molecule has 2 aromatic heterocycles. The number of halogens is 5. The zero-order valence-corrected chi connectivity index (χ0v) is 15.1. The summed E-state index contributed by atoms with van der Waals surface area (Å²) in [5, 5.41) is 14.5. The lowest BCUT2D eigenvalue weighted by Gasteiger charge is -2.69. The van der Waals surface area contributed by atoms with Crippen LogP contribution in [-0.4, -0.2) is 31.3 Å². The van der Waals surface area contributed by atoms with E-state index in [4.69, 9.17) is 0 Å². The molecule has 152 valence electrons. The van der Waals surface area contributed by atoms with Crippen LogP contribution in [-0.2, 0) is 11.7 Å². The number of benzene rings is 1. The molecule has 2 heterocycles. The quantitative estimate of drug-likeness (QED) is 0.638. The molecule has 29 heavy (non-hydrogen) atoms. The van der Waals surface area contributed by atoms with Gasteiger partial charge in [-0.2, -0.15) is 18.3 Å². The smallest absolute Gasteiger partial charge is 0.416 e. The van der Waals surface area contributed by atoms with Crippen LogP contribution in [0.3, 0.4) is 0 Å². The molecule has 10 heteroatoms. The molecular formula is C19H15F5N4O. The van der Waals surface area contributed by atoms with Gasteiger partial charge in [0.2, 0.25) is 6.43 Å². The summed E-state index contributed by atoms with van der Waals surface area (Å²) in [6.07, 6.45) is -2.84. The van der Waals surface area contributed by atoms with Crippen molar-refractivity contribution in [2.75, 3.05) is 0 Å². The molecule has 3 fully saturated rings. The third-order valence-electron chi connectivity index (χ3n) is 6.12. The fourth-order valence-corrected chi connectivity index (χ4v) is 4.71. The molecule has 5 nitrogen and oxygen atoms in total. The van der Waals surface area contributed by atoms with Crippen molar-refractivity contribution in [2.45, 2.75) is 44.3 Å². The second kappa shape index (κ2) is 5.43. The number of hydrogen-bond acceptors (Lipinski definition) is 4. The lowest BCUT2D eigenvalue weighted by atomic mass is 9.39. The second-order valence-corrected chi connectivity index (χ2v) is 8.14. The topological polar surface area (TPSA) is 63.8 Å². The highest BCUT2D eigenvalue weighted by Crippen LogP contribution is 2.73. The summed E-state index contributed by atoms with van der Waals surface area (Å²) in [4.78, 5) is 8.58. The van der Waals surface area contributed by atoms with Crippen LogP contribution in [0.1, 0.15) is 30.4 Å². The average molecular weight is 410 g/mol. The number of fused-ring (bicyclic) bond motifs is 1. The molecule has 1 N–H and O–H groups in total. The van der Waals surface area contributed by atoms with Crippen molar-refractivity contribution in [3.63, 3.8) is 0 Å². The third kappa shape index (κ3) is 2.47. The molecule has 0 spiro atoms. The largest absolute Gasteiger partial charge is 0.507 e. The summed E-state index contributed by atoms with van der Waals surface area (Å²) in [5.74, 6) is -0.552. The number of phenolic OH excluding ortho intramolecular Hbond substituents is 1. The Kier molecular flexibility index (Phi) is 3.42. The Morgan fingerprint density at radius 1 is 1.17 bits per heavy atom. The minimum Gasteiger partial charge on any atom is -0.507 e. The Labute approximate surface area is 161 Å². The molecule has 0 aliphatic heterocycles. The number of alkyl halides is 5. The fourth-order valence-electron chi connectivity index (χ4n) is 4.71. The zero-order valence-electron chi connectivity index (χ0n) is 15.1. The van der Waals surface area contributed by atoms with Crippen molar-refractivity contribution in [1.82, 2.24) is 19.7 Å². The third-order valence-corrected chi connectivity index (χ3v) is 6.12. The van der Waals surface area contributed by atoms with E-state index in [9.17, 15) is 27.1 Å². The average Bonchev–Trinajstić information content (AvgIpc) is 2.93. The first-order valence-corrected chi connectivity index (χ1v) is 8.95. The lowest BCUT2D eigenvalue weighted by molar-refractivity contribution is -0.257. The highest BCUT2D eigenvalue weighted by atomic mass is 19.4. The fraction of sp³-hybridized carbons (Fsp3) is 0.421. The molecule has 0 amide bonds. The summed E-state index contributed by atoms with van der Waals surface area (Å²) in [7, 11) is 0. The molecule has 3 aliphatic rings. The molecule has 3 saturated carbocycles. The van der Waals surface area contributed by atoms with Crippen molar-refractivity contribution in [1.29, 1.82) is 0 Å². The summed E-state index contributed by atoms with van der Waals surface area (Å²) >= 11 is 0. The van der Waals surface area contributed by atoms with E-state index < -0.39 is 34.9 Å². The molecular weight excluding hydrogens is 395 g/mol. The van der Waals surface area contributed by atoms with Gasteiger partial charge in [-0.1, -0.05) is 0 Å². The van der Waals surface area contributed by atoms with Crippen LogP contribution in [0.2, 0.25) is 0 Å². The van der Waals surface area contributed by atoms with E-state index in [0.29, 0.717) is 30.8 Å². The molecule has 0 atom stereocenters. The summed E-state index contributed by atoms with van der Waals surface area (Å²) < 4.78 is 66.5. The lowest BCUT2D eigenvalue weighted by Crippen LogP contribution is -2.70. The monoisotopic (exact) mass is 410 g/mol. The maximum Gasteiger partial charge on any atom is 0.416 e. The van der Waals surface area contributed by atoms with Crippen LogP contribution in [0.25, 0.3) is 22.4 Å². The summed E-state index contributed by atoms with van der Waals surface area (Å²) in [6.45, 7) is 1.44. The van der Waals surface area contributed by atoms with Gasteiger partial charge in [0.05, 0.1) is 29.2 Å². The second-order valence-electron chi connectivity index (χ2n) is 8.14. The van der Waals surface area contributed by atoms with Crippen molar-refractivity contribution in [3.8, 4) is 17.0 Å². The highest BCUT2D eigenvalue weighted by Gasteiger charge is 2.73. The number of aromatic nitrogens is 4. The molecule has 3 aromatic rings. The van der Waals surface area contributed by atoms with Crippen LogP contribution < -0.4 is 0 Å². The molecule has 2 bridgehead atoms. The molecule has 0 saturated heterocycles. The Morgan fingerprint density at radius 2 is 1.86 bits per heavy atom. The van der Waals surface area contributed by atoms with Crippen molar-refractivity contribution in [3.05, 3.63) is 35.7 Å². The molecule has 6 rings (SSSR count). The highest BCUT2D eigenvalue weighted by molar-refractivity contribution is 5.77. The van der Waals surface area contributed by atoms with E-state index in [1.807, 2.05) is 0 Å². The Hall–Kier alpha value is -2.78. The number of hydrogen-bond donors (Lipinski definition) is 1. The first kappa shape index (κ1) is 18.3. The normalized spacial score (nSPS) is 25.9. The first-order chi connectivity index (χ1) is 13.5. The van der Waals surface area contributed by atoms with E-state index in [1.165, 1.54) is 13.1 Å². The molecule has 1 aromatic carbocycles. The summed E-state index contributed by atoms with van der Waals surface area (Å²) in [6, 6.07) is 1.59. The van der Waals surface area contributed by atoms with Gasteiger partial charge in [-0.15, -0.1) is 0 Å². The first-order valence-electron chi connectivity index (χ1n) is 8.95. The van der Waals surface area contributed by atoms with Gasteiger partial charge >= 0.3 is 6.18 Å². The zero-order chi connectivity index (χ0) is 20.8. The van der Waals surface area contributed by atoms with Crippen molar-refractivity contribution in [2.24, 2.45) is 5.41 Å². The molecule has 0 radical (unpaired) electrons. The van der Waals surface area contributed by atoms with Crippen LogP contribution in [0.15, 0.2) is 24.5 Å².